The van der Waals surface area contributed by atoms with Crippen LogP contribution in [0.1, 0.15) is 16.8 Å². The molecule has 2 aromatic carbocycles. The van der Waals surface area contributed by atoms with Gasteiger partial charge in [-0.3, -0.25) is 0 Å². The van der Waals surface area contributed by atoms with E-state index in [1.807, 2.05) is 32.0 Å². The highest BCUT2D eigenvalue weighted by molar-refractivity contribution is 14.1. The van der Waals surface area contributed by atoms with Crippen LogP contribution in [0.15, 0.2) is 46.2 Å². The molecule has 1 heterocycles. The van der Waals surface area contributed by atoms with Crippen molar-refractivity contribution in [1.82, 2.24) is 4.98 Å². The Labute approximate surface area is 161 Å². The van der Waals surface area contributed by atoms with Gasteiger partial charge < -0.3 is 9.72 Å². The number of sulfone groups is 1. The van der Waals surface area contributed by atoms with Crippen LogP contribution >= 0.6 is 22.6 Å². The summed E-state index contributed by atoms with van der Waals surface area (Å²) in [5.41, 5.74) is 3.88. The summed E-state index contributed by atoms with van der Waals surface area (Å²) in [6.45, 7) is 3.92. The Kier molecular flexibility index (Phi) is 5.11. The molecule has 0 amide bonds. The summed E-state index contributed by atoms with van der Waals surface area (Å²) in [6, 6.07) is 10.5. The van der Waals surface area contributed by atoms with E-state index in [1.165, 1.54) is 7.11 Å². The molecule has 0 aliphatic rings. The Morgan fingerprint density at radius 1 is 1.08 bits per heavy atom. The second kappa shape index (κ2) is 6.99. The number of hydrogen-bond acceptors (Lipinski definition) is 3. The van der Waals surface area contributed by atoms with Crippen molar-refractivity contribution in [2.45, 2.75) is 30.1 Å². The molecule has 0 unspecified atom stereocenters. The monoisotopic (exact) mass is 469 g/mol. The van der Waals surface area contributed by atoms with E-state index >= 15 is 0 Å². The highest BCUT2D eigenvalue weighted by atomic mass is 127. The van der Waals surface area contributed by atoms with Crippen molar-refractivity contribution in [3.8, 4) is 5.75 Å². The number of aryl methyl sites for hydroxylation is 3. The van der Waals surface area contributed by atoms with Crippen molar-refractivity contribution in [1.29, 1.82) is 0 Å². The van der Waals surface area contributed by atoms with Crippen LogP contribution in [0.4, 0.5) is 0 Å². The summed E-state index contributed by atoms with van der Waals surface area (Å²) in [4.78, 5) is 3.84. The highest BCUT2D eigenvalue weighted by Crippen LogP contribution is 2.39. The highest BCUT2D eigenvalue weighted by Gasteiger charge is 2.28. The third-order valence-corrected chi connectivity index (χ3v) is 6.74. The van der Waals surface area contributed by atoms with Crippen molar-refractivity contribution in [2.24, 2.45) is 0 Å². The third kappa shape index (κ3) is 3.17. The van der Waals surface area contributed by atoms with Crippen LogP contribution in [-0.2, 0) is 16.3 Å². The fourth-order valence-corrected chi connectivity index (χ4v) is 5.29. The number of fused-ring (bicyclic) bond motifs is 1. The summed E-state index contributed by atoms with van der Waals surface area (Å²) in [5, 5.41) is 0.745. The topological polar surface area (TPSA) is 59.2 Å². The van der Waals surface area contributed by atoms with Crippen molar-refractivity contribution in [2.75, 3.05) is 11.5 Å². The van der Waals surface area contributed by atoms with Crippen molar-refractivity contribution in [3.05, 3.63) is 53.2 Å². The van der Waals surface area contributed by atoms with Gasteiger partial charge in [0.25, 0.3) is 0 Å². The van der Waals surface area contributed by atoms with Gasteiger partial charge in [-0.05, 0) is 50.1 Å². The van der Waals surface area contributed by atoms with Crippen LogP contribution in [0.3, 0.4) is 0 Å². The molecule has 0 spiro atoms. The van der Waals surface area contributed by atoms with Gasteiger partial charge in [-0.25, -0.2) is 8.42 Å². The molecule has 1 N–H and O–H groups in total. The van der Waals surface area contributed by atoms with Gasteiger partial charge in [0.2, 0.25) is 9.84 Å². The zero-order valence-corrected chi connectivity index (χ0v) is 17.4. The van der Waals surface area contributed by atoms with Crippen LogP contribution in [0.25, 0.3) is 10.9 Å². The standard InChI is InChI=1S/C19H20INO3S/c1-12-4-6-14(7-5-12)25(22,23)19-17(24-3)9-8-16-18(19)15(10-11-20)13(2)21-16/h4-9,21H,10-11H2,1-3H3. The van der Waals surface area contributed by atoms with E-state index in [0.717, 1.165) is 38.6 Å². The van der Waals surface area contributed by atoms with Gasteiger partial charge in [0.05, 0.1) is 12.0 Å². The minimum atomic E-state index is -3.70. The van der Waals surface area contributed by atoms with E-state index in [2.05, 4.69) is 27.6 Å². The van der Waals surface area contributed by atoms with Gasteiger partial charge in [-0.2, -0.15) is 0 Å². The number of hydrogen-bond donors (Lipinski definition) is 1. The number of nitrogens with one attached hydrogen (secondary N) is 1. The van der Waals surface area contributed by atoms with Gasteiger partial charge in [-0.1, -0.05) is 40.3 Å². The molecule has 3 aromatic rings. The van der Waals surface area contributed by atoms with Gasteiger partial charge in [0, 0.05) is 21.0 Å². The van der Waals surface area contributed by atoms with Crippen molar-refractivity contribution in [3.63, 3.8) is 0 Å². The number of halogens is 1. The zero-order valence-electron chi connectivity index (χ0n) is 14.4. The van der Waals surface area contributed by atoms with E-state index < -0.39 is 9.84 Å². The summed E-state index contributed by atoms with van der Waals surface area (Å²) < 4.78 is 33.2. The van der Waals surface area contributed by atoms with E-state index in [-0.39, 0.29) is 9.79 Å². The first-order valence-electron chi connectivity index (χ1n) is 7.96. The number of aromatic nitrogens is 1. The average Bonchev–Trinajstić information content (AvgIpc) is 2.90. The molecule has 4 nitrogen and oxygen atoms in total. The number of alkyl halides is 1. The number of benzene rings is 2. The van der Waals surface area contributed by atoms with E-state index in [9.17, 15) is 8.42 Å². The van der Waals surface area contributed by atoms with Gasteiger partial charge in [-0.15, -0.1) is 0 Å². The molecule has 0 fully saturated rings. The SMILES string of the molecule is COc1ccc2[nH]c(C)c(CCI)c2c1S(=O)(=O)c1ccc(C)cc1. The second-order valence-corrected chi connectivity index (χ2v) is 8.97. The maximum absolute atomic E-state index is 13.4. The minimum Gasteiger partial charge on any atom is -0.495 e. The second-order valence-electron chi connectivity index (χ2n) is 6.00. The number of H-pyrrole nitrogens is 1. The summed E-state index contributed by atoms with van der Waals surface area (Å²) in [5.74, 6) is 0.377. The van der Waals surface area contributed by atoms with Gasteiger partial charge in [0.15, 0.2) is 0 Å². The zero-order chi connectivity index (χ0) is 18.2. The minimum absolute atomic E-state index is 0.251. The summed E-state index contributed by atoms with van der Waals surface area (Å²) >= 11 is 2.31. The molecule has 0 saturated heterocycles. The maximum atomic E-state index is 13.4. The molecule has 0 bridgehead atoms. The molecule has 6 heteroatoms. The smallest absolute Gasteiger partial charge is 0.210 e. The van der Waals surface area contributed by atoms with Crippen LogP contribution in [0.2, 0.25) is 0 Å². The summed E-state index contributed by atoms with van der Waals surface area (Å²) in [7, 11) is -2.19. The maximum Gasteiger partial charge on any atom is 0.210 e. The van der Waals surface area contributed by atoms with Gasteiger partial charge >= 0.3 is 0 Å². The molecule has 0 saturated carbocycles. The fourth-order valence-electron chi connectivity index (χ4n) is 3.10. The quantitative estimate of drug-likeness (QED) is 0.439. The molecule has 0 aliphatic carbocycles. The van der Waals surface area contributed by atoms with Crippen molar-refractivity contribution >= 4 is 43.3 Å². The first-order valence-corrected chi connectivity index (χ1v) is 11.0. The molecular formula is C19H20INO3S. The van der Waals surface area contributed by atoms with Crippen LogP contribution in [0, 0.1) is 13.8 Å². The molecule has 132 valence electrons. The van der Waals surface area contributed by atoms with Crippen LogP contribution < -0.4 is 4.74 Å². The Balaban J connectivity index is 2.38. The molecule has 25 heavy (non-hydrogen) atoms. The fraction of sp³-hybridized carbons (Fsp3) is 0.263. The van der Waals surface area contributed by atoms with E-state index in [4.69, 9.17) is 4.74 Å². The predicted molar refractivity (Wildman–Crippen MR) is 109 cm³/mol. The Morgan fingerprint density at radius 2 is 1.76 bits per heavy atom. The molecule has 0 radical (unpaired) electrons. The van der Waals surface area contributed by atoms with Gasteiger partial charge in [0.1, 0.15) is 10.6 Å². The first-order chi connectivity index (χ1) is 11.9. The predicted octanol–water partition coefficient (Wildman–Crippen LogP) is 4.60. The largest absolute Gasteiger partial charge is 0.495 e. The molecule has 0 atom stereocenters. The van der Waals surface area contributed by atoms with Crippen molar-refractivity contribution < 1.29 is 13.2 Å². The van der Waals surface area contributed by atoms with Crippen LogP contribution in [-0.4, -0.2) is 24.9 Å². The van der Waals surface area contributed by atoms with E-state index in [1.54, 1.807) is 18.2 Å². The normalized spacial score (nSPS) is 11.8. The third-order valence-electron chi connectivity index (χ3n) is 4.36. The molecule has 1 aromatic heterocycles. The lowest BCUT2D eigenvalue weighted by molar-refractivity contribution is 0.404. The first kappa shape index (κ1) is 18.3. The number of ether oxygens (including phenoxy) is 1. The molecule has 3 rings (SSSR count). The number of methoxy groups -OCH3 is 1. The number of aromatic amines is 1. The average molecular weight is 469 g/mol. The molecule has 0 aliphatic heterocycles. The lowest BCUT2D eigenvalue weighted by Gasteiger charge is -2.13. The lowest BCUT2D eigenvalue weighted by Crippen LogP contribution is -2.06. The summed E-state index contributed by atoms with van der Waals surface area (Å²) in [6.07, 6.45) is 0.802. The van der Waals surface area contributed by atoms with E-state index in [0.29, 0.717) is 5.75 Å². The lowest BCUT2D eigenvalue weighted by atomic mass is 10.1. The number of rotatable bonds is 5. The molecular weight excluding hydrogens is 449 g/mol. The Morgan fingerprint density at radius 3 is 2.36 bits per heavy atom. The Hall–Kier alpha value is -1.54. The Bertz CT molecular complexity index is 1020. The van der Waals surface area contributed by atoms with Crippen LogP contribution in [0.5, 0.6) is 5.75 Å².